The molecule has 2 rings (SSSR count). The Balaban J connectivity index is 1.86. The SMILES string of the molecule is CCCN(CCC(C)O)C1CC2CCC(C1)N2. The Kier molecular flexibility index (Phi) is 4.83. The zero-order chi connectivity index (χ0) is 12.3. The zero-order valence-electron chi connectivity index (χ0n) is 11.4. The highest BCUT2D eigenvalue weighted by molar-refractivity contribution is 4.95. The molecule has 2 saturated heterocycles. The van der Waals surface area contributed by atoms with Gasteiger partial charge in [-0.3, -0.25) is 0 Å². The first-order chi connectivity index (χ1) is 8.19. The number of aliphatic hydroxyl groups is 1. The van der Waals surface area contributed by atoms with Crippen LogP contribution in [0.1, 0.15) is 52.4 Å². The second-order valence-electron chi connectivity index (χ2n) is 5.94. The lowest BCUT2D eigenvalue weighted by molar-refractivity contribution is 0.109. The van der Waals surface area contributed by atoms with Gasteiger partial charge in [-0.05, 0) is 52.0 Å². The number of aliphatic hydroxyl groups excluding tert-OH is 1. The Morgan fingerprint density at radius 2 is 1.88 bits per heavy atom. The minimum atomic E-state index is -0.159. The molecule has 0 spiro atoms. The molecule has 3 nitrogen and oxygen atoms in total. The second-order valence-corrected chi connectivity index (χ2v) is 5.94. The van der Waals surface area contributed by atoms with Crippen LogP contribution in [0.25, 0.3) is 0 Å². The molecule has 17 heavy (non-hydrogen) atoms. The van der Waals surface area contributed by atoms with Gasteiger partial charge < -0.3 is 15.3 Å². The third-order valence-corrected chi connectivity index (χ3v) is 4.31. The van der Waals surface area contributed by atoms with Gasteiger partial charge in [0, 0.05) is 24.7 Å². The average Bonchev–Trinajstić information content (AvgIpc) is 2.63. The normalized spacial score (nSPS) is 34.2. The van der Waals surface area contributed by atoms with E-state index in [9.17, 15) is 5.11 Å². The molecule has 3 unspecified atom stereocenters. The Bertz CT molecular complexity index is 220. The molecule has 3 heteroatoms. The number of hydrogen-bond acceptors (Lipinski definition) is 3. The zero-order valence-corrected chi connectivity index (χ0v) is 11.4. The van der Waals surface area contributed by atoms with Crippen LogP contribution in [-0.4, -0.2) is 47.3 Å². The van der Waals surface area contributed by atoms with Crippen LogP contribution in [0.5, 0.6) is 0 Å². The van der Waals surface area contributed by atoms with Crippen molar-refractivity contribution in [2.24, 2.45) is 0 Å². The molecular formula is C14H28N2O. The van der Waals surface area contributed by atoms with Crippen molar-refractivity contribution in [2.75, 3.05) is 13.1 Å². The summed E-state index contributed by atoms with van der Waals surface area (Å²) in [7, 11) is 0. The van der Waals surface area contributed by atoms with Crippen molar-refractivity contribution in [3.05, 3.63) is 0 Å². The van der Waals surface area contributed by atoms with Gasteiger partial charge in [0.25, 0.3) is 0 Å². The summed E-state index contributed by atoms with van der Waals surface area (Å²) in [6.07, 6.45) is 7.35. The highest BCUT2D eigenvalue weighted by Crippen LogP contribution is 2.29. The molecule has 2 heterocycles. The average molecular weight is 240 g/mol. The third-order valence-electron chi connectivity index (χ3n) is 4.31. The fraction of sp³-hybridized carbons (Fsp3) is 1.00. The summed E-state index contributed by atoms with van der Waals surface area (Å²) in [4.78, 5) is 2.62. The molecule has 2 N–H and O–H groups in total. The van der Waals surface area contributed by atoms with Gasteiger partial charge in [0.15, 0.2) is 0 Å². The largest absolute Gasteiger partial charge is 0.393 e. The number of nitrogens with one attached hydrogen (secondary N) is 1. The molecule has 0 aliphatic carbocycles. The summed E-state index contributed by atoms with van der Waals surface area (Å²) in [5, 5.41) is 13.2. The Morgan fingerprint density at radius 1 is 1.24 bits per heavy atom. The first-order valence-electron chi connectivity index (χ1n) is 7.37. The van der Waals surface area contributed by atoms with Gasteiger partial charge in [-0.2, -0.15) is 0 Å². The van der Waals surface area contributed by atoms with Crippen LogP contribution in [0.2, 0.25) is 0 Å². The van der Waals surface area contributed by atoms with Gasteiger partial charge in [-0.15, -0.1) is 0 Å². The molecule has 2 aliphatic rings. The van der Waals surface area contributed by atoms with Gasteiger partial charge in [0.1, 0.15) is 0 Å². The summed E-state index contributed by atoms with van der Waals surface area (Å²) in [6, 6.07) is 2.29. The van der Waals surface area contributed by atoms with E-state index in [1.165, 1.54) is 38.6 Å². The fourth-order valence-electron chi connectivity index (χ4n) is 3.44. The minimum Gasteiger partial charge on any atom is -0.393 e. The van der Waals surface area contributed by atoms with Crippen molar-refractivity contribution in [3.63, 3.8) is 0 Å². The van der Waals surface area contributed by atoms with Crippen molar-refractivity contribution in [1.82, 2.24) is 10.2 Å². The van der Waals surface area contributed by atoms with Crippen LogP contribution in [0, 0.1) is 0 Å². The molecule has 0 amide bonds. The predicted octanol–water partition coefficient (Wildman–Crippen LogP) is 1.75. The van der Waals surface area contributed by atoms with Gasteiger partial charge in [0.2, 0.25) is 0 Å². The number of nitrogens with zero attached hydrogens (tertiary/aromatic N) is 1. The van der Waals surface area contributed by atoms with E-state index in [4.69, 9.17) is 0 Å². The fourth-order valence-corrected chi connectivity index (χ4v) is 3.44. The topological polar surface area (TPSA) is 35.5 Å². The Labute approximate surface area is 106 Å². The van der Waals surface area contributed by atoms with Crippen molar-refractivity contribution >= 4 is 0 Å². The van der Waals surface area contributed by atoms with Gasteiger partial charge >= 0.3 is 0 Å². The van der Waals surface area contributed by atoms with E-state index in [0.717, 1.165) is 31.1 Å². The molecule has 0 aromatic rings. The minimum absolute atomic E-state index is 0.159. The lowest BCUT2D eigenvalue weighted by Gasteiger charge is -2.38. The van der Waals surface area contributed by atoms with Crippen molar-refractivity contribution in [3.8, 4) is 0 Å². The monoisotopic (exact) mass is 240 g/mol. The van der Waals surface area contributed by atoms with Crippen LogP contribution in [0.15, 0.2) is 0 Å². The molecule has 0 aromatic carbocycles. The summed E-state index contributed by atoms with van der Waals surface area (Å²) in [6.45, 7) is 6.41. The summed E-state index contributed by atoms with van der Waals surface area (Å²) in [5.74, 6) is 0. The van der Waals surface area contributed by atoms with E-state index in [2.05, 4.69) is 17.1 Å². The van der Waals surface area contributed by atoms with E-state index in [1.807, 2.05) is 6.92 Å². The maximum Gasteiger partial charge on any atom is 0.0524 e. The van der Waals surface area contributed by atoms with Crippen molar-refractivity contribution in [1.29, 1.82) is 0 Å². The molecule has 3 atom stereocenters. The van der Waals surface area contributed by atoms with E-state index in [0.29, 0.717) is 0 Å². The smallest absolute Gasteiger partial charge is 0.0524 e. The number of piperidine rings is 1. The number of fused-ring (bicyclic) bond motifs is 2. The van der Waals surface area contributed by atoms with Crippen LogP contribution < -0.4 is 5.32 Å². The lowest BCUT2D eigenvalue weighted by atomic mass is 9.97. The van der Waals surface area contributed by atoms with E-state index < -0.39 is 0 Å². The van der Waals surface area contributed by atoms with Gasteiger partial charge in [-0.25, -0.2) is 0 Å². The van der Waals surface area contributed by atoms with E-state index in [-0.39, 0.29) is 6.10 Å². The lowest BCUT2D eigenvalue weighted by Crippen LogP contribution is -2.49. The van der Waals surface area contributed by atoms with Crippen molar-refractivity contribution < 1.29 is 5.11 Å². The van der Waals surface area contributed by atoms with E-state index in [1.54, 1.807) is 0 Å². The first-order valence-corrected chi connectivity index (χ1v) is 7.37. The first kappa shape index (κ1) is 13.3. The third kappa shape index (κ3) is 3.67. The molecular weight excluding hydrogens is 212 g/mol. The van der Waals surface area contributed by atoms with Crippen LogP contribution in [-0.2, 0) is 0 Å². The highest BCUT2D eigenvalue weighted by Gasteiger charge is 2.35. The van der Waals surface area contributed by atoms with Crippen LogP contribution in [0.3, 0.4) is 0 Å². The quantitative estimate of drug-likeness (QED) is 0.742. The summed E-state index contributed by atoms with van der Waals surface area (Å²) < 4.78 is 0. The van der Waals surface area contributed by atoms with Crippen LogP contribution in [0.4, 0.5) is 0 Å². The Hall–Kier alpha value is -0.120. The number of hydrogen-bond donors (Lipinski definition) is 2. The highest BCUT2D eigenvalue weighted by atomic mass is 16.3. The maximum atomic E-state index is 9.45. The molecule has 100 valence electrons. The van der Waals surface area contributed by atoms with Gasteiger partial charge in [-0.1, -0.05) is 6.92 Å². The van der Waals surface area contributed by atoms with Crippen LogP contribution >= 0.6 is 0 Å². The molecule has 2 fully saturated rings. The predicted molar refractivity (Wildman–Crippen MR) is 71.1 cm³/mol. The maximum absolute atomic E-state index is 9.45. The molecule has 0 saturated carbocycles. The van der Waals surface area contributed by atoms with Crippen molar-refractivity contribution in [2.45, 2.75) is 76.6 Å². The molecule has 2 bridgehead atoms. The summed E-state index contributed by atoms with van der Waals surface area (Å²) >= 11 is 0. The summed E-state index contributed by atoms with van der Waals surface area (Å²) in [5.41, 5.74) is 0. The van der Waals surface area contributed by atoms with E-state index >= 15 is 0 Å². The second kappa shape index (κ2) is 6.17. The molecule has 0 radical (unpaired) electrons. The molecule has 2 aliphatic heterocycles. The molecule has 0 aromatic heterocycles. The Morgan fingerprint density at radius 3 is 2.41 bits per heavy atom. The number of rotatable bonds is 6. The van der Waals surface area contributed by atoms with Gasteiger partial charge in [0.05, 0.1) is 6.10 Å². The standard InChI is InChI=1S/C14H28N2O/c1-3-7-16(8-6-11(2)17)14-9-12-4-5-13(10-14)15-12/h11-15,17H,3-10H2,1-2H3.